The molecule has 1 heterocycles. The van der Waals surface area contributed by atoms with Gasteiger partial charge in [0, 0.05) is 12.7 Å². The molecule has 5 heteroatoms. The van der Waals surface area contributed by atoms with Gasteiger partial charge < -0.3 is 5.32 Å². The number of nitrogens with one attached hydrogen (secondary N) is 1. The zero-order valence-corrected chi connectivity index (χ0v) is 12.6. The largest absolute Gasteiger partial charge is 0.305 e. The number of hydrogen-bond acceptors (Lipinski definition) is 2. The van der Waals surface area contributed by atoms with Crippen LogP contribution in [0.15, 0.2) is 34.9 Å². The highest BCUT2D eigenvalue weighted by Gasteiger charge is 2.20. The molecule has 0 radical (unpaired) electrons. The second kappa shape index (κ2) is 6.30. The summed E-state index contributed by atoms with van der Waals surface area (Å²) in [4.78, 5) is 0. The van der Waals surface area contributed by atoms with Crippen LogP contribution in [0.25, 0.3) is 0 Å². The Labute approximate surface area is 121 Å². The lowest BCUT2D eigenvalue weighted by molar-refractivity contribution is 0.536. The second-order valence-corrected chi connectivity index (χ2v) is 5.00. The highest BCUT2D eigenvalue weighted by molar-refractivity contribution is 9.10. The van der Waals surface area contributed by atoms with Crippen LogP contribution in [0.1, 0.15) is 31.1 Å². The van der Waals surface area contributed by atoms with Crippen LogP contribution >= 0.6 is 15.9 Å². The Bertz CT molecular complexity index is 553. The van der Waals surface area contributed by atoms with Crippen LogP contribution in [0.3, 0.4) is 0 Å². The molecule has 0 fully saturated rings. The van der Waals surface area contributed by atoms with E-state index in [4.69, 9.17) is 0 Å². The molecule has 0 aliphatic rings. The molecule has 0 bridgehead atoms. The van der Waals surface area contributed by atoms with Crippen LogP contribution in [-0.4, -0.2) is 16.3 Å². The summed E-state index contributed by atoms with van der Waals surface area (Å²) >= 11 is 3.34. The summed E-state index contributed by atoms with van der Waals surface area (Å²) in [6.45, 7) is 5.66. The van der Waals surface area contributed by atoms with Gasteiger partial charge in [-0.25, -0.2) is 4.39 Å². The van der Waals surface area contributed by atoms with Crippen molar-refractivity contribution in [1.29, 1.82) is 0 Å². The summed E-state index contributed by atoms with van der Waals surface area (Å²) in [7, 11) is 0. The van der Waals surface area contributed by atoms with Gasteiger partial charge >= 0.3 is 0 Å². The maximum absolute atomic E-state index is 13.7. The summed E-state index contributed by atoms with van der Waals surface area (Å²) in [5.41, 5.74) is 1.92. The van der Waals surface area contributed by atoms with Crippen LogP contribution in [0.4, 0.5) is 4.39 Å². The Morgan fingerprint density at radius 3 is 2.84 bits per heavy atom. The van der Waals surface area contributed by atoms with Crippen LogP contribution in [0.5, 0.6) is 0 Å². The smallest absolute Gasteiger partial charge is 0.137 e. The van der Waals surface area contributed by atoms with E-state index in [1.54, 1.807) is 12.3 Å². The molecule has 3 nitrogen and oxygen atoms in total. The van der Waals surface area contributed by atoms with Crippen LogP contribution in [0, 0.1) is 5.82 Å². The van der Waals surface area contributed by atoms with Gasteiger partial charge in [-0.15, -0.1) is 0 Å². The first-order valence-corrected chi connectivity index (χ1v) is 7.17. The zero-order valence-electron chi connectivity index (χ0n) is 11.0. The van der Waals surface area contributed by atoms with Crippen molar-refractivity contribution in [3.63, 3.8) is 0 Å². The third-order valence-corrected chi connectivity index (χ3v) is 3.88. The molecule has 0 amide bonds. The van der Waals surface area contributed by atoms with Gasteiger partial charge in [0.15, 0.2) is 0 Å². The van der Waals surface area contributed by atoms with Crippen molar-refractivity contribution in [2.45, 2.75) is 26.4 Å². The predicted molar refractivity (Wildman–Crippen MR) is 77.5 cm³/mol. The lowest BCUT2D eigenvalue weighted by Crippen LogP contribution is -2.25. The topological polar surface area (TPSA) is 29.9 Å². The van der Waals surface area contributed by atoms with Crippen molar-refractivity contribution in [2.24, 2.45) is 0 Å². The molecule has 1 unspecified atom stereocenters. The molecule has 2 aromatic rings. The average Bonchev–Trinajstić information content (AvgIpc) is 2.88. The fraction of sp³-hybridized carbons (Fsp3) is 0.357. The van der Waals surface area contributed by atoms with Gasteiger partial charge in [-0.1, -0.05) is 19.1 Å². The predicted octanol–water partition coefficient (Wildman–Crippen LogP) is 3.50. The fourth-order valence-electron chi connectivity index (χ4n) is 2.17. The Balaban J connectivity index is 2.48. The minimum atomic E-state index is -0.247. The fourth-order valence-corrected chi connectivity index (χ4v) is 2.67. The molecule has 102 valence electrons. The minimum absolute atomic E-state index is 0.0717. The molecule has 0 saturated carbocycles. The van der Waals surface area contributed by atoms with Gasteiger partial charge in [-0.3, -0.25) is 4.68 Å². The van der Waals surface area contributed by atoms with E-state index in [0.29, 0.717) is 4.47 Å². The third kappa shape index (κ3) is 2.87. The normalized spacial score (nSPS) is 12.6. The zero-order chi connectivity index (χ0) is 13.8. The van der Waals surface area contributed by atoms with Crippen molar-refractivity contribution in [1.82, 2.24) is 15.1 Å². The second-order valence-electron chi connectivity index (χ2n) is 4.21. The van der Waals surface area contributed by atoms with E-state index in [1.165, 1.54) is 6.07 Å². The maximum Gasteiger partial charge on any atom is 0.137 e. The number of aryl methyl sites for hydroxylation is 1. The Morgan fingerprint density at radius 2 is 2.16 bits per heavy atom. The maximum atomic E-state index is 13.7. The number of benzene rings is 1. The first-order valence-electron chi connectivity index (χ1n) is 6.38. The van der Waals surface area contributed by atoms with Gasteiger partial charge in [0.25, 0.3) is 0 Å². The molecule has 1 N–H and O–H groups in total. The standard InChI is InChI=1S/C14H17BrFN3/c1-3-17-14(12-8-9-18-19(12)4-2)10-6-5-7-11(16)13(10)15/h5-9,14,17H,3-4H2,1-2H3. The van der Waals surface area contributed by atoms with Crippen LogP contribution in [0.2, 0.25) is 0 Å². The van der Waals surface area contributed by atoms with Crippen molar-refractivity contribution >= 4 is 15.9 Å². The van der Waals surface area contributed by atoms with E-state index in [-0.39, 0.29) is 11.9 Å². The first kappa shape index (κ1) is 14.2. The summed E-state index contributed by atoms with van der Waals surface area (Å²) in [6, 6.07) is 7.00. The molecular formula is C14H17BrFN3. The number of hydrogen-bond donors (Lipinski definition) is 1. The SMILES string of the molecule is CCNC(c1cccc(F)c1Br)c1ccnn1CC. The summed E-state index contributed by atoms with van der Waals surface area (Å²) in [5, 5.41) is 7.67. The molecule has 0 aliphatic carbocycles. The van der Waals surface area contributed by atoms with Gasteiger partial charge in [0.1, 0.15) is 5.82 Å². The number of aromatic nitrogens is 2. The Hall–Kier alpha value is -1.20. The van der Waals surface area contributed by atoms with E-state index in [2.05, 4.69) is 26.3 Å². The highest BCUT2D eigenvalue weighted by atomic mass is 79.9. The average molecular weight is 326 g/mol. The van der Waals surface area contributed by atoms with E-state index in [1.807, 2.05) is 30.7 Å². The summed E-state index contributed by atoms with van der Waals surface area (Å²) in [5.74, 6) is -0.247. The molecule has 1 aromatic heterocycles. The number of nitrogens with zero attached hydrogens (tertiary/aromatic N) is 2. The van der Waals surface area contributed by atoms with Gasteiger partial charge in [0.2, 0.25) is 0 Å². The highest BCUT2D eigenvalue weighted by Crippen LogP contribution is 2.30. The molecule has 2 rings (SSSR count). The number of rotatable bonds is 5. The third-order valence-electron chi connectivity index (χ3n) is 3.05. The summed E-state index contributed by atoms with van der Waals surface area (Å²) in [6.07, 6.45) is 1.77. The van der Waals surface area contributed by atoms with Gasteiger partial charge in [-0.05, 0) is 47.1 Å². The molecular weight excluding hydrogens is 309 g/mol. The Kier molecular flexibility index (Phi) is 4.71. The molecule has 0 spiro atoms. The molecule has 1 aromatic carbocycles. The molecule has 0 saturated heterocycles. The monoisotopic (exact) mass is 325 g/mol. The quantitative estimate of drug-likeness (QED) is 0.911. The van der Waals surface area contributed by atoms with Gasteiger partial charge in [-0.2, -0.15) is 5.10 Å². The molecule has 0 aliphatic heterocycles. The van der Waals surface area contributed by atoms with E-state index in [0.717, 1.165) is 24.3 Å². The Morgan fingerprint density at radius 1 is 1.37 bits per heavy atom. The first-order chi connectivity index (χ1) is 9.19. The van der Waals surface area contributed by atoms with Crippen LogP contribution < -0.4 is 5.32 Å². The van der Waals surface area contributed by atoms with Crippen LogP contribution in [-0.2, 0) is 6.54 Å². The number of halogens is 2. The van der Waals surface area contributed by atoms with Crippen molar-refractivity contribution < 1.29 is 4.39 Å². The van der Waals surface area contributed by atoms with Gasteiger partial charge in [0.05, 0.1) is 16.2 Å². The van der Waals surface area contributed by atoms with E-state index in [9.17, 15) is 4.39 Å². The lowest BCUT2D eigenvalue weighted by atomic mass is 10.0. The molecule has 1 atom stereocenters. The van der Waals surface area contributed by atoms with E-state index >= 15 is 0 Å². The minimum Gasteiger partial charge on any atom is -0.305 e. The summed E-state index contributed by atoms with van der Waals surface area (Å²) < 4.78 is 16.1. The molecule has 19 heavy (non-hydrogen) atoms. The van der Waals surface area contributed by atoms with E-state index < -0.39 is 0 Å². The lowest BCUT2D eigenvalue weighted by Gasteiger charge is -2.21. The van der Waals surface area contributed by atoms with Crippen molar-refractivity contribution in [2.75, 3.05) is 6.54 Å². The van der Waals surface area contributed by atoms with Crippen molar-refractivity contribution in [3.05, 3.63) is 52.0 Å². The van der Waals surface area contributed by atoms with Crippen molar-refractivity contribution in [3.8, 4) is 0 Å².